The van der Waals surface area contributed by atoms with E-state index in [-0.39, 0.29) is 11.7 Å². The van der Waals surface area contributed by atoms with Crippen molar-refractivity contribution in [3.63, 3.8) is 0 Å². The standard InChI is InChI=1S/C11H9N5OS/c17-11(10-13-6-14-16-10)12-5-9-15-7-3-1-2-4-8(7)18-9/h1-4,6H,5H2,(H,12,17)(H,13,14,16). The van der Waals surface area contributed by atoms with Gasteiger partial charge in [0.1, 0.15) is 11.3 Å². The van der Waals surface area contributed by atoms with Crippen LogP contribution in [0.25, 0.3) is 10.2 Å². The van der Waals surface area contributed by atoms with E-state index in [1.807, 2.05) is 24.3 Å². The van der Waals surface area contributed by atoms with Crippen molar-refractivity contribution in [3.05, 3.63) is 41.4 Å². The molecule has 0 aliphatic carbocycles. The maximum Gasteiger partial charge on any atom is 0.288 e. The summed E-state index contributed by atoms with van der Waals surface area (Å²) < 4.78 is 1.11. The highest BCUT2D eigenvalue weighted by Gasteiger charge is 2.09. The first-order valence-electron chi connectivity index (χ1n) is 5.31. The van der Waals surface area contributed by atoms with Crippen molar-refractivity contribution < 1.29 is 4.79 Å². The molecule has 2 heterocycles. The van der Waals surface area contributed by atoms with Crippen LogP contribution in [0.4, 0.5) is 0 Å². The normalized spacial score (nSPS) is 10.7. The maximum absolute atomic E-state index is 11.6. The van der Waals surface area contributed by atoms with Gasteiger partial charge in [-0.1, -0.05) is 12.1 Å². The summed E-state index contributed by atoms with van der Waals surface area (Å²) in [5, 5.41) is 9.74. The van der Waals surface area contributed by atoms with Crippen molar-refractivity contribution in [2.24, 2.45) is 0 Å². The third kappa shape index (κ3) is 2.07. The van der Waals surface area contributed by atoms with E-state index in [0.29, 0.717) is 6.54 Å². The number of carbonyl (C=O) groups excluding carboxylic acids is 1. The summed E-state index contributed by atoms with van der Waals surface area (Å²) in [5.74, 6) is -0.0807. The third-order valence-corrected chi connectivity index (χ3v) is 3.40. The van der Waals surface area contributed by atoms with Gasteiger partial charge in [-0.25, -0.2) is 9.97 Å². The van der Waals surface area contributed by atoms with Gasteiger partial charge >= 0.3 is 0 Å². The van der Waals surface area contributed by atoms with Crippen molar-refractivity contribution in [3.8, 4) is 0 Å². The van der Waals surface area contributed by atoms with Crippen LogP contribution in [0.3, 0.4) is 0 Å². The first-order chi connectivity index (χ1) is 8.83. The summed E-state index contributed by atoms with van der Waals surface area (Å²) in [6, 6.07) is 7.87. The molecule has 0 spiro atoms. The Morgan fingerprint density at radius 3 is 3.06 bits per heavy atom. The molecular formula is C11H9N5OS. The summed E-state index contributed by atoms with van der Waals surface area (Å²) in [6.45, 7) is 0.388. The molecule has 90 valence electrons. The Labute approximate surface area is 106 Å². The Hall–Kier alpha value is -2.28. The highest BCUT2D eigenvalue weighted by Crippen LogP contribution is 2.21. The summed E-state index contributed by atoms with van der Waals surface area (Å²) in [7, 11) is 0. The number of hydrogen-bond acceptors (Lipinski definition) is 5. The van der Waals surface area contributed by atoms with Gasteiger partial charge in [0.15, 0.2) is 0 Å². The first kappa shape index (κ1) is 10.8. The van der Waals surface area contributed by atoms with Crippen molar-refractivity contribution in [2.45, 2.75) is 6.54 Å². The SMILES string of the molecule is O=C(NCc1nc2ccccc2s1)c1ncn[nH]1. The number of para-hydroxylation sites is 1. The molecule has 0 unspecified atom stereocenters. The van der Waals surface area contributed by atoms with Gasteiger partial charge in [-0.3, -0.25) is 9.89 Å². The molecule has 3 rings (SSSR count). The molecule has 1 aromatic carbocycles. The van der Waals surface area contributed by atoms with Crippen LogP contribution in [0.15, 0.2) is 30.6 Å². The molecule has 0 aliphatic rings. The number of aromatic amines is 1. The van der Waals surface area contributed by atoms with E-state index in [1.54, 1.807) is 11.3 Å². The number of carbonyl (C=O) groups is 1. The Morgan fingerprint density at radius 2 is 2.28 bits per heavy atom. The van der Waals surface area contributed by atoms with Crippen LogP contribution in [-0.2, 0) is 6.54 Å². The van der Waals surface area contributed by atoms with Gasteiger partial charge in [0, 0.05) is 0 Å². The average Bonchev–Trinajstić information content (AvgIpc) is 3.04. The zero-order valence-corrected chi connectivity index (χ0v) is 10.1. The highest BCUT2D eigenvalue weighted by molar-refractivity contribution is 7.18. The Balaban J connectivity index is 1.71. The van der Waals surface area contributed by atoms with Crippen LogP contribution >= 0.6 is 11.3 Å². The number of amides is 1. The van der Waals surface area contributed by atoms with Crippen LogP contribution in [0.1, 0.15) is 15.6 Å². The van der Waals surface area contributed by atoms with E-state index in [4.69, 9.17) is 0 Å². The van der Waals surface area contributed by atoms with Crippen LogP contribution in [-0.4, -0.2) is 26.1 Å². The lowest BCUT2D eigenvalue weighted by Crippen LogP contribution is -2.23. The van der Waals surface area contributed by atoms with E-state index >= 15 is 0 Å². The molecule has 6 nitrogen and oxygen atoms in total. The van der Waals surface area contributed by atoms with Gasteiger partial charge < -0.3 is 5.32 Å². The molecule has 0 saturated carbocycles. The van der Waals surface area contributed by atoms with Gasteiger partial charge in [-0.05, 0) is 12.1 Å². The zero-order chi connectivity index (χ0) is 12.4. The number of hydrogen-bond donors (Lipinski definition) is 2. The molecule has 3 aromatic rings. The Kier molecular flexibility index (Phi) is 2.73. The van der Waals surface area contributed by atoms with Crippen molar-refractivity contribution in [1.82, 2.24) is 25.5 Å². The highest BCUT2D eigenvalue weighted by atomic mass is 32.1. The monoisotopic (exact) mass is 259 g/mol. The van der Waals surface area contributed by atoms with E-state index in [2.05, 4.69) is 25.5 Å². The minimum Gasteiger partial charge on any atom is -0.343 e. The lowest BCUT2D eigenvalue weighted by atomic mass is 10.3. The summed E-state index contributed by atoms with van der Waals surface area (Å²) in [6.07, 6.45) is 1.30. The maximum atomic E-state index is 11.6. The molecular weight excluding hydrogens is 250 g/mol. The summed E-state index contributed by atoms with van der Waals surface area (Å²) in [5.41, 5.74) is 0.950. The molecule has 0 aliphatic heterocycles. The quantitative estimate of drug-likeness (QED) is 0.743. The lowest BCUT2D eigenvalue weighted by molar-refractivity contribution is 0.0941. The summed E-state index contributed by atoms with van der Waals surface area (Å²) >= 11 is 1.56. The van der Waals surface area contributed by atoms with Crippen LogP contribution in [0, 0.1) is 0 Å². The van der Waals surface area contributed by atoms with Gasteiger partial charge in [0.2, 0.25) is 5.82 Å². The first-order valence-corrected chi connectivity index (χ1v) is 6.12. The van der Waals surface area contributed by atoms with E-state index in [1.165, 1.54) is 6.33 Å². The predicted molar refractivity (Wildman–Crippen MR) is 67.2 cm³/mol. The molecule has 0 bridgehead atoms. The van der Waals surface area contributed by atoms with Gasteiger partial charge in [0.05, 0.1) is 16.8 Å². The molecule has 2 aromatic heterocycles. The third-order valence-electron chi connectivity index (χ3n) is 2.37. The number of nitrogens with one attached hydrogen (secondary N) is 2. The smallest absolute Gasteiger partial charge is 0.288 e. The predicted octanol–water partition coefficient (Wildman–Crippen LogP) is 1.34. The molecule has 2 N–H and O–H groups in total. The van der Waals surface area contributed by atoms with Gasteiger partial charge in [-0.15, -0.1) is 11.3 Å². The molecule has 7 heteroatoms. The summed E-state index contributed by atoms with van der Waals surface area (Å²) in [4.78, 5) is 19.8. The second-order valence-corrected chi connectivity index (χ2v) is 4.71. The Bertz CT molecular complexity index is 643. The van der Waals surface area contributed by atoms with E-state index in [0.717, 1.165) is 15.2 Å². The van der Waals surface area contributed by atoms with Crippen LogP contribution in [0.2, 0.25) is 0 Å². The number of rotatable bonds is 3. The van der Waals surface area contributed by atoms with Crippen LogP contribution in [0.5, 0.6) is 0 Å². The number of H-pyrrole nitrogens is 1. The minimum atomic E-state index is -0.285. The second kappa shape index (κ2) is 4.53. The fourth-order valence-electron chi connectivity index (χ4n) is 1.55. The number of aromatic nitrogens is 4. The average molecular weight is 259 g/mol. The Morgan fingerprint density at radius 1 is 1.39 bits per heavy atom. The zero-order valence-electron chi connectivity index (χ0n) is 9.25. The molecule has 0 radical (unpaired) electrons. The molecule has 0 atom stereocenters. The fourth-order valence-corrected chi connectivity index (χ4v) is 2.46. The second-order valence-electron chi connectivity index (χ2n) is 3.59. The van der Waals surface area contributed by atoms with Crippen LogP contribution < -0.4 is 5.32 Å². The van der Waals surface area contributed by atoms with Crippen molar-refractivity contribution >= 4 is 27.5 Å². The number of thiazole rings is 1. The van der Waals surface area contributed by atoms with Crippen molar-refractivity contribution in [1.29, 1.82) is 0 Å². The molecule has 18 heavy (non-hydrogen) atoms. The number of fused-ring (bicyclic) bond motifs is 1. The van der Waals surface area contributed by atoms with Gasteiger partial charge in [0.25, 0.3) is 5.91 Å². The number of nitrogens with zero attached hydrogens (tertiary/aromatic N) is 3. The molecule has 0 fully saturated rings. The molecule has 1 amide bonds. The van der Waals surface area contributed by atoms with Gasteiger partial charge in [-0.2, -0.15) is 5.10 Å². The lowest BCUT2D eigenvalue weighted by Gasteiger charge is -1.98. The minimum absolute atomic E-state index is 0.205. The fraction of sp³-hybridized carbons (Fsp3) is 0.0909. The number of benzene rings is 1. The molecule has 0 saturated heterocycles. The van der Waals surface area contributed by atoms with E-state index in [9.17, 15) is 4.79 Å². The topological polar surface area (TPSA) is 83.6 Å². The largest absolute Gasteiger partial charge is 0.343 e. The van der Waals surface area contributed by atoms with Crippen molar-refractivity contribution in [2.75, 3.05) is 0 Å². The van der Waals surface area contributed by atoms with E-state index < -0.39 is 0 Å².